The van der Waals surface area contributed by atoms with E-state index >= 15 is 0 Å². The Morgan fingerprint density at radius 2 is 1.65 bits per heavy atom. The molecule has 1 saturated heterocycles. The minimum Gasteiger partial charge on any atom is -0.347 e. The lowest BCUT2D eigenvalue weighted by Gasteiger charge is -2.32. The van der Waals surface area contributed by atoms with Crippen molar-refractivity contribution in [3.8, 4) is 0 Å². The monoisotopic (exact) mass is 356 g/mol. The molecule has 0 unspecified atom stereocenters. The molecule has 6 heteroatoms. The van der Waals surface area contributed by atoms with E-state index < -0.39 is 0 Å². The van der Waals surface area contributed by atoms with Crippen molar-refractivity contribution in [2.75, 3.05) is 32.7 Å². The third-order valence-electron chi connectivity index (χ3n) is 4.62. The summed E-state index contributed by atoms with van der Waals surface area (Å²) in [4.78, 5) is 27.5. The van der Waals surface area contributed by atoms with Crippen LogP contribution in [0.4, 0.5) is 4.39 Å². The van der Waals surface area contributed by atoms with E-state index in [1.54, 1.807) is 18.2 Å². The Bertz CT molecular complexity index is 759. The molecule has 136 valence electrons. The van der Waals surface area contributed by atoms with Crippen molar-refractivity contribution in [2.24, 2.45) is 0 Å². The molecule has 1 heterocycles. The highest BCUT2D eigenvalue weighted by Crippen LogP contribution is 2.06. The lowest BCUT2D eigenvalue weighted by molar-refractivity contribution is -0.896. The van der Waals surface area contributed by atoms with Crippen LogP contribution in [-0.4, -0.2) is 49.4 Å². The number of amides is 2. The summed E-state index contributed by atoms with van der Waals surface area (Å²) in [7, 11) is 0. The number of nitrogens with zero attached hydrogens (tertiary/aromatic N) is 1. The first kappa shape index (κ1) is 18.1. The second-order valence-corrected chi connectivity index (χ2v) is 6.45. The van der Waals surface area contributed by atoms with Crippen LogP contribution in [0.2, 0.25) is 0 Å². The van der Waals surface area contributed by atoms with Gasteiger partial charge in [-0.3, -0.25) is 9.59 Å². The Labute approximate surface area is 152 Å². The summed E-state index contributed by atoms with van der Waals surface area (Å²) in [6.07, 6.45) is 0. The van der Waals surface area contributed by atoms with Crippen LogP contribution in [0.3, 0.4) is 0 Å². The van der Waals surface area contributed by atoms with Crippen LogP contribution in [0.15, 0.2) is 54.6 Å². The van der Waals surface area contributed by atoms with Crippen LogP contribution in [0.5, 0.6) is 0 Å². The van der Waals surface area contributed by atoms with Crippen molar-refractivity contribution in [2.45, 2.75) is 6.54 Å². The van der Waals surface area contributed by atoms with Gasteiger partial charge in [0.2, 0.25) is 0 Å². The van der Waals surface area contributed by atoms with E-state index in [1.165, 1.54) is 6.07 Å². The Hall–Kier alpha value is -2.73. The number of rotatable bonds is 5. The van der Waals surface area contributed by atoms with Crippen molar-refractivity contribution in [1.29, 1.82) is 0 Å². The average Bonchev–Trinajstić information content (AvgIpc) is 2.68. The van der Waals surface area contributed by atoms with Crippen LogP contribution < -0.4 is 10.2 Å². The van der Waals surface area contributed by atoms with Crippen molar-refractivity contribution in [3.63, 3.8) is 0 Å². The maximum atomic E-state index is 13.6. The van der Waals surface area contributed by atoms with Crippen LogP contribution in [0.1, 0.15) is 15.9 Å². The number of carbonyl (C=O) groups excluding carboxylic acids is 2. The Balaban J connectivity index is 1.43. The molecule has 0 bridgehead atoms. The highest BCUT2D eigenvalue weighted by molar-refractivity contribution is 5.94. The Kier molecular flexibility index (Phi) is 5.96. The molecule has 0 saturated carbocycles. The van der Waals surface area contributed by atoms with Gasteiger partial charge in [0.25, 0.3) is 11.8 Å². The average molecular weight is 356 g/mol. The fourth-order valence-corrected chi connectivity index (χ4v) is 3.09. The van der Waals surface area contributed by atoms with Crippen molar-refractivity contribution in [1.82, 2.24) is 10.2 Å². The molecule has 2 N–H and O–H groups in total. The standard InChI is InChI=1S/C20H22FN3O2/c21-18-9-5-4-8-17(18)14-22-19(25)15-23-10-12-24(13-11-23)20(26)16-6-2-1-3-7-16/h1-9H,10-15H2,(H,22,25)/p+1. The summed E-state index contributed by atoms with van der Waals surface area (Å²) in [5.74, 6) is -0.382. The van der Waals surface area contributed by atoms with E-state index in [0.717, 1.165) is 18.0 Å². The number of carbonyl (C=O) groups is 2. The van der Waals surface area contributed by atoms with Gasteiger partial charge < -0.3 is 15.1 Å². The minimum absolute atomic E-state index is 0.0358. The molecule has 3 rings (SSSR count). The van der Waals surface area contributed by atoms with Gasteiger partial charge in [-0.05, 0) is 18.2 Å². The predicted molar refractivity (Wildman–Crippen MR) is 96.2 cm³/mol. The molecule has 2 aromatic carbocycles. The van der Waals surface area contributed by atoms with Gasteiger partial charge in [0, 0.05) is 17.7 Å². The summed E-state index contributed by atoms with van der Waals surface area (Å²) in [5.41, 5.74) is 1.17. The molecule has 5 nitrogen and oxygen atoms in total. The second-order valence-electron chi connectivity index (χ2n) is 6.45. The summed E-state index contributed by atoms with van der Waals surface area (Å²) in [6, 6.07) is 15.7. The number of nitrogens with one attached hydrogen (secondary N) is 2. The highest BCUT2D eigenvalue weighted by Gasteiger charge is 2.25. The van der Waals surface area contributed by atoms with Gasteiger partial charge in [-0.25, -0.2) is 4.39 Å². The third kappa shape index (κ3) is 4.67. The van der Waals surface area contributed by atoms with Crippen molar-refractivity contribution in [3.05, 3.63) is 71.5 Å². The molecule has 0 aromatic heterocycles. The van der Waals surface area contributed by atoms with Crippen LogP contribution in [-0.2, 0) is 11.3 Å². The van der Waals surface area contributed by atoms with Gasteiger partial charge in [0.05, 0.1) is 26.2 Å². The second kappa shape index (κ2) is 8.58. The third-order valence-corrected chi connectivity index (χ3v) is 4.62. The zero-order valence-corrected chi connectivity index (χ0v) is 14.6. The number of piperazine rings is 1. The number of halogens is 1. The maximum absolute atomic E-state index is 13.6. The van der Waals surface area contributed by atoms with E-state index in [0.29, 0.717) is 30.8 Å². The first-order chi connectivity index (χ1) is 12.6. The topological polar surface area (TPSA) is 53.9 Å². The molecule has 0 aliphatic carbocycles. The molecule has 1 aliphatic rings. The maximum Gasteiger partial charge on any atom is 0.275 e. The van der Waals surface area contributed by atoms with Crippen LogP contribution in [0, 0.1) is 5.82 Å². The minimum atomic E-state index is -0.312. The highest BCUT2D eigenvalue weighted by atomic mass is 19.1. The molecule has 2 aromatic rings. The molecule has 0 radical (unpaired) electrons. The molecule has 0 atom stereocenters. The predicted octanol–water partition coefficient (Wildman–Crippen LogP) is 0.483. The van der Waals surface area contributed by atoms with Crippen LogP contribution in [0.25, 0.3) is 0 Å². The molecule has 1 aliphatic heterocycles. The number of hydrogen-bond acceptors (Lipinski definition) is 2. The Morgan fingerprint density at radius 3 is 2.35 bits per heavy atom. The van der Waals surface area contributed by atoms with Crippen molar-refractivity contribution >= 4 is 11.8 Å². The SMILES string of the molecule is O=C(C[NH+]1CCN(C(=O)c2ccccc2)CC1)NCc1ccccc1F. The largest absolute Gasteiger partial charge is 0.347 e. The molecule has 26 heavy (non-hydrogen) atoms. The first-order valence-electron chi connectivity index (χ1n) is 8.81. The lowest BCUT2D eigenvalue weighted by Crippen LogP contribution is -3.15. The molecular formula is C20H23FN3O2+. The zero-order chi connectivity index (χ0) is 18.4. The summed E-state index contributed by atoms with van der Waals surface area (Å²) in [5, 5.41) is 2.77. The van der Waals surface area contributed by atoms with E-state index in [4.69, 9.17) is 0 Å². The summed E-state index contributed by atoms with van der Waals surface area (Å²) < 4.78 is 13.6. The molecular weight excluding hydrogens is 333 g/mol. The van der Waals surface area contributed by atoms with Gasteiger partial charge in [-0.2, -0.15) is 0 Å². The smallest absolute Gasteiger partial charge is 0.275 e. The van der Waals surface area contributed by atoms with Gasteiger partial charge in [0.15, 0.2) is 6.54 Å². The lowest BCUT2D eigenvalue weighted by atomic mass is 10.2. The van der Waals surface area contributed by atoms with E-state index in [9.17, 15) is 14.0 Å². The molecule has 1 fully saturated rings. The van der Waals surface area contributed by atoms with E-state index in [1.807, 2.05) is 35.2 Å². The summed E-state index contributed by atoms with van der Waals surface area (Å²) >= 11 is 0. The quantitative estimate of drug-likeness (QED) is 0.819. The molecule has 2 amide bonds. The zero-order valence-electron chi connectivity index (χ0n) is 14.6. The molecule has 0 spiro atoms. The number of benzene rings is 2. The van der Waals surface area contributed by atoms with Gasteiger partial charge in [-0.1, -0.05) is 36.4 Å². The van der Waals surface area contributed by atoms with E-state index in [-0.39, 0.29) is 24.2 Å². The van der Waals surface area contributed by atoms with Crippen LogP contribution >= 0.6 is 0 Å². The normalized spacial score (nSPS) is 14.9. The van der Waals surface area contributed by atoms with Crippen molar-refractivity contribution < 1.29 is 18.9 Å². The van der Waals surface area contributed by atoms with Gasteiger partial charge in [-0.15, -0.1) is 0 Å². The van der Waals surface area contributed by atoms with Gasteiger partial charge in [0.1, 0.15) is 5.82 Å². The number of hydrogen-bond donors (Lipinski definition) is 2. The van der Waals surface area contributed by atoms with Gasteiger partial charge >= 0.3 is 0 Å². The first-order valence-corrected chi connectivity index (χ1v) is 8.81. The summed E-state index contributed by atoms with van der Waals surface area (Å²) in [6.45, 7) is 3.24. The number of quaternary nitrogens is 1. The fourth-order valence-electron chi connectivity index (χ4n) is 3.09. The van der Waals surface area contributed by atoms with E-state index in [2.05, 4.69) is 5.32 Å². The fraction of sp³-hybridized carbons (Fsp3) is 0.300. The Morgan fingerprint density at radius 1 is 1.00 bits per heavy atom.